The van der Waals surface area contributed by atoms with Crippen LogP contribution in [-0.4, -0.2) is 26.0 Å². The standard InChI is InChI=1S/C12H17NO2S/c1-2-16(14,15)12-10(8-13)11(12)9-6-4-3-5-7-9/h3-7,10-12H,2,8,13H2,1H3/t10-,11+,12+/m0/s1. The number of hydrogen-bond acceptors (Lipinski definition) is 3. The van der Waals surface area contributed by atoms with Crippen molar-refractivity contribution in [1.29, 1.82) is 0 Å². The summed E-state index contributed by atoms with van der Waals surface area (Å²) in [4.78, 5) is 0. The Labute approximate surface area is 96.6 Å². The number of rotatable bonds is 4. The van der Waals surface area contributed by atoms with Crippen LogP contribution in [0.5, 0.6) is 0 Å². The molecule has 3 nitrogen and oxygen atoms in total. The predicted octanol–water partition coefficient (Wildman–Crippen LogP) is 1.16. The van der Waals surface area contributed by atoms with Gasteiger partial charge in [0.05, 0.1) is 5.25 Å². The van der Waals surface area contributed by atoms with Crippen LogP contribution in [0.2, 0.25) is 0 Å². The van der Waals surface area contributed by atoms with Gasteiger partial charge in [0, 0.05) is 11.7 Å². The third-order valence-corrected chi connectivity index (χ3v) is 5.65. The first-order valence-electron chi connectivity index (χ1n) is 5.58. The van der Waals surface area contributed by atoms with Crippen molar-refractivity contribution in [2.75, 3.05) is 12.3 Å². The molecule has 4 heteroatoms. The highest BCUT2D eigenvalue weighted by Gasteiger charge is 2.56. The van der Waals surface area contributed by atoms with Gasteiger partial charge in [-0.1, -0.05) is 37.3 Å². The maximum Gasteiger partial charge on any atom is 0.153 e. The summed E-state index contributed by atoms with van der Waals surface area (Å²) < 4.78 is 23.7. The van der Waals surface area contributed by atoms with Crippen molar-refractivity contribution in [3.05, 3.63) is 35.9 Å². The molecule has 88 valence electrons. The van der Waals surface area contributed by atoms with Crippen molar-refractivity contribution in [3.63, 3.8) is 0 Å². The van der Waals surface area contributed by atoms with Crippen molar-refractivity contribution < 1.29 is 8.42 Å². The molecule has 3 atom stereocenters. The largest absolute Gasteiger partial charge is 0.330 e. The molecule has 1 aromatic rings. The molecule has 0 aliphatic heterocycles. The van der Waals surface area contributed by atoms with E-state index in [1.165, 1.54) is 0 Å². The van der Waals surface area contributed by atoms with E-state index in [-0.39, 0.29) is 22.8 Å². The molecule has 16 heavy (non-hydrogen) atoms. The molecule has 0 aromatic heterocycles. The van der Waals surface area contributed by atoms with Gasteiger partial charge in [-0.15, -0.1) is 0 Å². The van der Waals surface area contributed by atoms with Gasteiger partial charge in [0.1, 0.15) is 0 Å². The molecule has 0 amide bonds. The van der Waals surface area contributed by atoms with E-state index >= 15 is 0 Å². The van der Waals surface area contributed by atoms with E-state index in [2.05, 4.69) is 0 Å². The molecule has 0 bridgehead atoms. The fraction of sp³-hybridized carbons (Fsp3) is 0.500. The number of benzene rings is 1. The van der Waals surface area contributed by atoms with Crippen LogP contribution in [0.4, 0.5) is 0 Å². The van der Waals surface area contributed by atoms with Crippen molar-refractivity contribution >= 4 is 9.84 Å². The topological polar surface area (TPSA) is 60.2 Å². The molecular weight excluding hydrogens is 222 g/mol. The second-order valence-electron chi connectivity index (χ2n) is 4.25. The van der Waals surface area contributed by atoms with Crippen LogP contribution >= 0.6 is 0 Å². The van der Waals surface area contributed by atoms with Crippen LogP contribution in [0, 0.1) is 5.92 Å². The summed E-state index contributed by atoms with van der Waals surface area (Å²) >= 11 is 0. The Bertz CT molecular complexity index is 455. The van der Waals surface area contributed by atoms with Crippen LogP contribution in [-0.2, 0) is 9.84 Å². The SMILES string of the molecule is CCS(=O)(=O)[C@@H]1[C@@H](CN)[C@H]1c1ccccc1. The Morgan fingerprint density at radius 1 is 1.25 bits per heavy atom. The fourth-order valence-electron chi connectivity index (χ4n) is 2.42. The second-order valence-corrected chi connectivity index (χ2v) is 6.70. The number of nitrogens with two attached hydrogens (primary N) is 1. The Kier molecular flexibility index (Phi) is 3.04. The Hall–Kier alpha value is -0.870. The minimum absolute atomic E-state index is 0.104. The maximum absolute atomic E-state index is 11.9. The van der Waals surface area contributed by atoms with Gasteiger partial charge in [-0.25, -0.2) is 8.42 Å². The molecule has 0 unspecified atom stereocenters. The molecule has 1 aliphatic carbocycles. The van der Waals surface area contributed by atoms with Crippen molar-refractivity contribution in [2.24, 2.45) is 11.7 Å². The van der Waals surface area contributed by atoms with Crippen LogP contribution in [0.25, 0.3) is 0 Å². The first-order valence-corrected chi connectivity index (χ1v) is 7.30. The van der Waals surface area contributed by atoms with Gasteiger partial charge in [-0.2, -0.15) is 0 Å². The lowest BCUT2D eigenvalue weighted by atomic mass is 10.1. The molecule has 1 aliphatic rings. The normalized spacial score (nSPS) is 29.0. The summed E-state index contributed by atoms with van der Waals surface area (Å²) in [5.41, 5.74) is 6.74. The molecule has 1 saturated carbocycles. The average Bonchev–Trinajstić information content (AvgIpc) is 3.05. The van der Waals surface area contributed by atoms with Crippen LogP contribution in [0.15, 0.2) is 30.3 Å². The molecule has 0 radical (unpaired) electrons. The minimum atomic E-state index is -2.96. The zero-order chi connectivity index (χ0) is 11.8. The van der Waals surface area contributed by atoms with E-state index < -0.39 is 9.84 Å². The summed E-state index contributed by atoms with van der Waals surface area (Å²) in [5.74, 6) is 0.417. The fourth-order valence-corrected chi connectivity index (χ4v) is 4.33. The van der Waals surface area contributed by atoms with Gasteiger partial charge in [0.2, 0.25) is 0 Å². The lowest BCUT2D eigenvalue weighted by Gasteiger charge is -2.00. The van der Waals surface area contributed by atoms with E-state index in [1.54, 1.807) is 6.92 Å². The van der Waals surface area contributed by atoms with Gasteiger partial charge in [0.15, 0.2) is 9.84 Å². The quantitative estimate of drug-likeness (QED) is 0.857. The van der Waals surface area contributed by atoms with E-state index in [9.17, 15) is 8.42 Å². The highest BCUT2D eigenvalue weighted by Crippen LogP contribution is 2.51. The van der Waals surface area contributed by atoms with Gasteiger partial charge in [-0.05, 0) is 18.0 Å². The molecular formula is C12H17NO2S. The van der Waals surface area contributed by atoms with E-state index in [0.717, 1.165) is 5.56 Å². The van der Waals surface area contributed by atoms with Gasteiger partial charge >= 0.3 is 0 Å². The Morgan fingerprint density at radius 2 is 1.88 bits per heavy atom. The third kappa shape index (κ3) is 1.87. The number of hydrogen-bond donors (Lipinski definition) is 1. The summed E-state index contributed by atoms with van der Waals surface area (Å²) in [7, 11) is -2.96. The average molecular weight is 239 g/mol. The van der Waals surface area contributed by atoms with E-state index in [4.69, 9.17) is 5.73 Å². The van der Waals surface area contributed by atoms with Crippen molar-refractivity contribution in [1.82, 2.24) is 0 Å². The third-order valence-electron chi connectivity index (χ3n) is 3.37. The van der Waals surface area contributed by atoms with Crippen molar-refractivity contribution in [3.8, 4) is 0 Å². The Balaban J connectivity index is 2.26. The molecule has 1 aromatic carbocycles. The monoisotopic (exact) mass is 239 g/mol. The summed E-state index contributed by atoms with van der Waals surface area (Å²) in [5, 5.41) is -0.259. The second kappa shape index (κ2) is 4.18. The smallest absolute Gasteiger partial charge is 0.153 e. The number of sulfone groups is 1. The first-order chi connectivity index (χ1) is 7.61. The zero-order valence-corrected chi connectivity index (χ0v) is 10.2. The first kappa shape index (κ1) is 11.6. The minimum Gasteiger partial charge on any atom is -0.330 e. The van der Waals surface area contributed by atoms with Gasteiger partial charge < -0.3 is 5.73 Å². The highest BCUT2D eigenvalue weighted by atomic mass is 32.2. The van der Waals surface area contributed by atoms with E-state index in [0.29, 0.717) is 6.54 Å². The summed E-state index contributed by atoms with van der Waals surface area (Å²) in [6, 6.07) is 9.79. The molecule has 0 heterocycles. The predicted molar refractivity (Wildman–Crippen MR) is 65.0 cm³/mol. The molecule has 1 fully saturated rings. The Morgan fingerprint density at radius 3 is 2.38 bits per heavy atom. The molecule has 0 spiro atoms. The van der Waals surface area contributed by atoms with Crippen LogP contribution in [0.3, 0.4) is 0 Å². The van der Waals surface area contributed by atoms with Crippen LogP contribution < -0.4 is 5.73 Å². The lowest BCUT2D eigenvalue weighted by molar-refractivity contribution is 0.593. The molecule has 2 N–H and O–H groups in total. The highest BCUT2D eigenvalue weighted by molar-refractivity contribution is 7.92. The van der Waals surface area contributed by atoms with E-state index in [1.807, 2.05) is 30.3 Å². The summed E-state index contributed by atoms with van der Waals surface area (Å²) in [6.45, 7) is 2.15. The van der Waals surface area contributed by atoms with Gasteiger partial charge in [-0.3, -0.25) is 0 Å². The van der Waals surface area contributed by atoms with Crippen LogP contribution in [0.1, 0.15) is 18.4 Å². The van der Waals surface area contributed by atoms with Gasteiger partial charge in [0.25, 0.3) is 0 Å². The lowest BCUT2D eigenvalue weighted by Crippen LogP contribution is -2.15. The summed E-state index contributed by atoms with van der Waals surface area (Å²) in [6.07, 6.45) is 0. The maximum atomic E-state index is 11.9. The molecule has 2 rings (SSSR count). The molecule has 0 saturated heterocycles. The zero-order valence-electron chi connectivity index (χ0n) is 9.34. The van der Waals surface area contributed by atoms with Crippen molar-refractivity contribution in [2.45, 2.75) is 18.1 Å².